The van der Waals surface area contributed by atoms with Crippen LogP contribution in [0.1, 0.15) is 43.4 Å². The number of rotatable bonds is 4. The molecule has 0 unspecified atom stereocenters. The number of ketones is 2. The zero-order valence-corrected chi connectivity index (χ0v) is 18.7. The van der Waals surface area contributed by atoms with Gasteiger partial charge in [0.25, 0.3) is 0 Å². The normalized spacial score (nSPS) is 11.4. The highest BCUT2D eigenvalue weighted by Crippen LogP contribution is 2.37. The van der Waals surface area contributed by atoms with Crippen LogP contribution in [0.2, 0.25) is 10.0 Å². The molecule has 0 radical (unpaired) electrons. The summed E-state index contributed by atoms with van der Waals surface area (Å²) in [4.78, 5) is 26.1. The molecule has 0 bridgehead atoms. The second-order valence-electron chi connectivity index (χ2n) is 7.60. The molecule has 0 saturated heterocycles. The minimum absolute atomic E-state index is 0.231. The minimum Gasteiger partial charge on any atom is -0.452 e. The Morgan fingerprint density at radius 2 is 1.16 bits per heavy atom. The lowest BCUT2D eigenvalue weighted by atomic mass is 10.0. The number of hydrogen-bond donors (Lipinski definition) is 0. The predicted molar refractivity (Wildman–Crippen MR) is 125 cm³/mol. The van der Waals surface area contributed by atoms with Gasteiger partial charge in [0.2, 0.25) is 11.6 Å². The van der Waals surface area contributed by atoms with Crippen molar-refractivity contribution in [3.63, 3.8) is 0 Å². The van der Waals surface area contributed by atoms with Gasteiger partial charge < -0.3 is 8.83 Å². The average molecular weight is 463 g/mol. The van der Waals surface area contributed by atoms with Gasteiger partial charge in [0.1, 0.15) is 11.2 Å². The maximum Gasteiger partial charge on any atom is 0.228 e. The fourth-order valence-electron chi connectivity index (χ4n) is 3.91. The summed E-state index contributed by atoms with van der Waals surface area (Å²) in [5, 5.41) is 2.58. The Hall–Kier alpha value is -3.34. The van der Waals surface area contributed by atoms with Crippen molar-refractivity contribution in [2.75, 3.05) is 0 Å². The fourth-order valence-corrected chi connectivity index (χ4v) is 4.16. The summed E-state index contributed by atoms with van der Waals surface area (Å²) in [6.45, 7) is 3.66. The number of halogens is 2. The van der Waals surface area contributed by atoms with Crippen LogP contribution in [0.15, 0.2) is 69.5 Å². The molecule has 0 spiro atoms. The number of carbonyl (C=O) groups is 2. The van der Waals surface area contributed by atoms with Gasteiger partial charge in [-0.05, 0) is 74.5 Å². The second kappa shape index (κ2) is 7.66. The van der Waals surface area contributed by atoms with E-state index in [9.17, 15) is 9.59 Å². The van der Waals surface area contributed by atoms with Gasteiger partial charge in [-0.3, -0.25) is 9.59 Å². The maximum absolute atomic E-state index is 13.1. The largest absolute Gasteiger partial charge is 0.452 e. The minimum atomic E-state index is -0.246. The Labute approximate surface area is 193 Å². The van der Waals surface area contributed by atoms with E-state index in [1.54, 1.807) is 54.6 Å². The molecule has 4 nitrogen and oxygen atoms in total. The van der Waals surface area contributed by atoms with Crippen LogP contribution in [0.25, 0.3) is 21.9 Å². The predicted octanol–water partition coefficient (Wildman–Crippen LogP) is 7.56. The molecule has 5 aromatic rings. The van der Waals surface area contributed by atoms with Gasteiger partial charge in [0.15, 0.2) is 11.5 Å². The zero-order valence-electron chi connectivity index (χ0n) is 17.2. The van der Waals surface area contributed by atoms with Crippen LogP contribution in [0.3, 0.4) is 0 Å². The van der Waals surface area contributed by atoms with Crippen molar-refractivity contribution in [2.24, 2.45) is 0 Å². The Morgan fingerprint density at radius 1 is 0.656 bits per heavy atom. The van der Waals surface area contributed by atoms with Crippen molar-refractivity contribution in [1.82, 2.24) is 0 Å². The molecule has 0 fully saturated rings. The maximum atomic E-state index is 13.1. The first kappa shape index (κ1) is 20.6. The van der Waals surface area contributed by atoms with E-state index >= 15 is 0 Å². The molecule has 32 heavy (non-hydrogen) atoms. The summed E-state index contributed by atoms with van der Waals surface area (Å²) in [6, 6.07) is 16.9. The lowest BCUT2D eigenvalue weighted by Crippen LogP contribution is -2.01. The third-order valence-corrected chi connectivity index (χ3v) is 6.13. The number of fused-ring (bicyclic) bond motifs is 3. The first-order chi connectivity index (χ1) is 15.3. The molecule has 6 heteroatoms. The van der Waals surface area contributed by atoms with E-state index in [0.717, 1.165) is 10.9 Å². The van der Waals surface area contributed by atoms with E-state index in [0.29, 0.717) is 43.3 Å². The summed E-state index contributed by atoms with van der Waals surface area (Å²) in [5.41, 5.74) is 3.38. The van der Waals surface area contributed by atoms with E-state index in [1.807, 2.05) is 19.9 Å². The van der Waals surface area contributed by atoms with Crippen LogP contribution in [0.4, 0.5) is 0 Å². The van der Waals surface area contributed by atoms with Crippen molar-refractivity contribution < 1.29 is 18.4 Å². The van der Waals surface area contributed by atoms with Crippen molar-refractivity contribution in [3.05, 3.63) is 104 Å². The van der Waals surface area contributed by atoms with Gasteiger partial charge in [0, 0.05) is 37.7 Å². The van der Waals surface area contributed by atoms with Gasteiger partial charge >= 0.3 is 0 Å². The zero-order chi connectivity index (χ0) is 22.6. The third-order valence-electron chi connectivity index (χ3n) is 5.62. The molecule has 0 amide bonds. The molecule has 0 atom stereocenters. The van der Waals surface area contributed by atoms with Crippen LogP contribution in [-0.4, -0.2) is 11.6 Å². The summed E-state index contributed by atoms with van der Waals surface area (Å²) >= 11 is 11.9. The third kappa shape index (κ3) is 3.24. The monoisotopic (exact) mass is 462 g/mol. The molecule has 5 rings (SSSR count). The van der Waals surface area contributed by atoms with Gasteiger partial charge in [0.05, 0.1) is 5.39 Å². The molecule has 0 aliphatic rings. The first-order valence-electron chi connectivity index (χ1n) is 9.91. The van der Waals surface area contributed by atoms with Crippen molar-refractivity contribution >= 4 is 56.7 Å². The highest BCUT2D eigenvalue weighted by Gasteiger charge is 2.25. The van der Waals surface area contributed by atoms with E-state index in [2.05, 4.69) is 0 Å². The summed E-state index contributed by atoms with van der Waals surface area (Å²) < 4.78 is 12.0. The molecule has 3 aromatic carbocycles. The smallest absolute Gasteiger partial charge is 0.228 e. The summed E-state index contributed by atoms with van der Waals surface area (Å²) in [7, 11) is 0. The average Bonchev–Trinajstić information content (AvgIpc) is 3.31. The van der Waals surface area contributed by atoms with E-state index in [4.69, 9.17) is 32.0 Å². The Balaban J connectivity index is 1.66. The number of benzene rings is 3. The standard InChI is InChI=1S/C26H16Cl2O4/c1-13-19-11-12-20-21(14(2)25(31-20)23(30)16-5-9-18(28)10-6-16)26(19)32-24(13)22(29)15-3-7-17(27)8-4-15/h3-12H,1-2H3. The van der Waals surface area contributed by atoms with E-state index in [1.165, 1.54) is 0 Å². The second-order valence-corrected chi connectivity index (χ2v) is 8.47. The number of carbonyl (C=O) groups excluding carboxylic acids is 2. The highest BCUT2D eigenvalue weighted by atomic mass is 35.5. The molecular formula is C26H16Cl2O4. The summed E-state index contributed by atoms with van der Waals surface area (Å²) in [6.07, 6.45) is 0. The van der Waals surface area contributed by atoms with Gasteiger partial charge in [-0.15, -0.1) is 0 Å². The molecular weight excluding hydrogens is 447 g/mol. The van der Waals surface area contributed by atoms with Crippen LogP contribution in [0, 0.1) is 13.8 Å². The van der Waals surface area contributed by atoms with Crippen molar-refractivity contribution in [3.8, 4) is 0 Å². The first-order valence-corrected chi connectivity index (χ1v) is 10.7. The summed E-state index contributed by atoms with van der Waals surface area (Å²) in [5.74, 6) is 0.00170. The van der Waals surface area contributed by atoms with Crippen LogP contribution < -0.4 is 0 Å². The number of aryl methyl sites for hydroxylation is 2. The van der Waals surface area contributed by atoms with Crippen LogP contribution >= 0.6 is 23.2 Å². The lowest BCUT2D eigenvalue weighted by Gasteiger charge is -1.99. The van der Waals surface area contributed by atoms with Gasteiger partial charge in [-0.25, -0.2) is 0 Å². The molecule has 0 N–H and O–H groups in total. The van der Waals surface area contributed by atoms with Crippen molar-refractivity contribution in [2.45, 2.75) is 13.8 Å². The van der Waals surface area contributed by atoms with Crippen LogP contribution in [-0.2, 0) is 0 Å². The number of hydrogen-bond acceptors (Lipinski definition) is 4. The Kier molecular flexibility index (Phi) is 4.92. The Bertz CT molecular complexity index is 1520. The lowest BCUT2D eigenvalue weighted by molar-refractivity contribution is 0.100. The van der Waals surface area contributed by atoms with E-state index < -0.39 is 0 Å². The van der Waals surface area contributed by atoms with Gasteiger partial charge in [-0.1, -0.05) is 23.2 Å². The molecule has 158 valence electrons. The topological polar surface area (TPSA) is 60.4 Å². The van der Waals surface area contributed by atoms with E-state index in [-0.39, 0.29) is 23.1 Å². The van der Waals surface area contributed by atoms with Gasteiger partial charge in [-0.2, -0.15) is 0 Å². The molecule has 0 aliphatic carbocycles. The molecule has 2 heterocycles. The molecule has 0 saturated carbocycles. The fraction of sp³-hybridized carbons (Fsp3) is 0.0769. The molecule has 0 aliphatic heterocycles. The van der Waals surface area contributed by atoms with Crippen molar-refractivity contribution in [1.29, 1.82) is 0 Å². The van der Waals surface area contributed by atoms with Crippen LogP contribution in [0.5, 0.6) is 0 Å². The Morgan fingerprint density at radius 3 is 1.69 bits per heavy atom. The highest BCUT2D eigenvalue weighted by molar-refractivity contribution is 6.31. The number of furan rings is 2. The quantitative estimate of drug-likeness (QED) is 0.258. The SMILES string of the molecule is Cc1c(C(=O)c2ccc(Cl)cc2)oc2c1ccc1oc(C(=O)c3ccc(Cl)cc3)c(C)c12. The molecule has 2 aromatic heterocycles.